The third kappa shape index (κ3) is 3.81. The summed E-state index contributed by atoms with van der Waals surface area (Å²) in [6, 6.07) is 0. The Hall–Kier alpha value is -0.340. The number of rotatable bonds is 5. The zero-order valence-electron chi connectivity index (χ0n) is 9.57. The van der Waals surface area contributed by atoms with Gasteiger partial charge in [0.05, 0.1) is 0 Å². The molecule has 0 atom stereocenters. The Morgan fingerprint density at radius 2 is 2.07 bits per heavy atom. The van der Waals surface area contributed by atoms with Gasteiger partial charge in [-0.25, -0.2) is 0 Å². The lowest BCUT2D eigenvalue weighted by atomic mass is 9.82. The summed E-state index contributed by atoms with van der Waals surface area (Å²) in [7, 11) is 0. The molecule has 0 amide bonds. The first kappa shape index (κ1) is 11.7. The van der Waals surface area contributed by atoms with E-state index in [9.17, 15) is 0 Å². The summed E-state index contributed by atoms with van der Waals surface area (Å²) >= 11 is 0. The molecule has 1 rings (SSSR count). The van der Waals surface area contributed by atoms with E-state index in [-0.39, 0.29) is 0 Å². The van der Waals surface area contributed by atoms with Crippen LogP contribution in [-0.4, -0.2) is 26.3 Å². The molecule has 2 heteroatoms. The molecule has 0 bridgehead atoms. The average Bonchev–Trinajstić information content (AvgIpc) is 2.18. The Balaban J connectivity index is 2.18. The van der Waals surface area contributed by atoms with E-state index in [4.69, 9.17) is 4.74 Å². The highest BCUT2D eigenvalue weighted by Crippen LogP contribution is 2.28. The minimum atomic E-state index is 0.437. The van der Waals surface area contributed by atoms with E-state index < -0.39 is 0 Å². The van der Waals surface area contributed by atoms with E-state index >= 15 is 0 Å². The van der Waals surface area contributed by atoms with Crippen molar-refractivity contribution >= 4 is 0 Å². The Morgan fingerprint density at radius 3 is 2.64 bits per heavy atom. The van der Waals surface area contributed by atoms with Crippen LogP contribution in [0.15, 0.2) is 12.2 Å². The largest absolute Gasteiger partial charge is 0.381 e. The molecule has 0 spiro atoms. The summed E-state index contributed by atoms with van der Waals surface area (Å²) in [6.07, 6.45) is 3.43. The molecule has 0 unspecified atom stereocenters. The lowest BCUT2D eigenvalue weighted by Gasteiger charge is -2.33. The van der Waals surface area contributed by atoms with Gasteiger partial charge in [-0.3, -0.25) is 0 Å². The summed E-state index contributed by atoms with van der Waals surface area (Å²) in [5.41, 5.74) is 1.73. The fraction of sp³-hybridized carbons (Fsp3) is 0.833. The second kappa shape index (κ2) is 5.52. The minimum Gasteiger partial charge on any atom is -0.381 e. The molecule has 1 N–H and O–H groups in total. The van der Waals surface area contributed by atoms with Gasteiger partial charge in [-0.1, -0.05) is 26.0 Å². The van der Waals surface area contributed by atoms with Gasteiger partial charge in [0.25, 0.3) is 0 Å². The van der Waals surface area contributed by atoms with Crippen molar-refractivity contribution in [3.05, 3.63) is 12.2 Å². The van der Waals surface area contributed by atoms with Crippen LogP contribution in [0.2, 0.25) is 0 Å². The SMILES string of the molecule is C=C(CC)CNCC1(C)CCOCC1. The second-order valence-electron chi connectivity index (χ2n) is 4.63. The van der Waals surface area contributed by atoms with Crippen LogP contribution in [0.5, 0.6) is 0 Å². The Morgan fingerprint density at radius 1 is 1.43 bits per heavy atom. The standard InChI is InChI=1S/C12H23NO/c1-4-11(2)9-13-10-12(3)5-7-14-8-6-12/h13H,2,4-10H2,1,3H3. The summed E-state index contributed by atoms with van der Waals surface area (Å²) in [4.78, 5) is 0. The maximum absolute atomic E-state index is 5.37. The second-order valence-corrected chi connectivity index (χ2v) is 4.63. The van der Waals surface area contributed by atoms with E-state index in [1.165, 1.54) is 18.4 Å². The molecule has 2 nitrogen and oxygen atoms in total. The maximum atomic E-state index is 5.37. The first-order valence-electron chi connectivity index (χ1n) is 5.61. The van der Waals surface area contributed by atoms with E-state index in [1.807, 2.05) is 0 Å². The first-order chi connectivity index (χ1) is 6.66. The molecule has 0 radical (unpaired) electrons. The van der Waals surface area contributed by atoms with Gasteiger partial charge in [0.1, 0.15) is 0 Å². The molecule has 0 aromatic heterocycles. The predicted octanol–water partition coefficient (Wildman–Crippen LogP) is 2.36. The maximum Gasteiger partial charge on any atom is 0.0471 e. The average molecular weight is 197 g/mol. The van der Waals surface area contributed by atoms with Gasteiger partial charge in [0.2, 0.25) is 0 Å². The lowest BCUT2D eigenvalue weighted by molar-refractivity contribution is 0.0245. The highest BCUT2D eigenvalue weighted by molar-refractivity contribution is 4.95. The Kier molecular flexibility index (Phi) is 4.63. The Bertz CT molecular complexity index is 183. The van der Waals surface area contributed by atoms with Crippen LogP contribution in [0, 0.1) is 5.41 Å². The van der Waals surface area contributed by atoms with Gasteiger partial charge in [0.15, 0.2) is 0 Å². The molecule has 0 saturated carbocycles. The van der Waals surface area contributed by atoms with E-state index in [1.54, 1.807) is 0 Å². The first-order valence-corrected chi connectivity index (χ1v) is 5.61. The smallest absolute Gasteiger partial charge is 0.0471 e. The summed E-state index contributed by atoms with van der Waals surface area (Å²) in [5.74, 6) is 0. The van der Waals surface area contributed by atoms with Crippen molar-refractivity contribution in [3.8, 4) is 0 Å². The molecule has 1 fully saturated rings. The molecule has 1 heterocycles. The molecular weight excluding hydrogens is 174 g/mol. The van der Waals surface area contributed by atoms with Crippen LogP contribution in [0.25, 0.3) is 0 Å². The molecule has 1 aliphatic heterocycles. The molecule has 82 valence electrons. The monoisotopic (exact) mass is 197 g/mol. The van der Waals surface area contributed by atoms with E-state index in [0.717, 1.165) is 32.7 Å². The number of hydrogen-bond donors (Lipinski definition) is 1. The quantitative estimate of drug-likeness (QED) is 0.683. The van der Waals surface area contributed by atoms with Crippen molar-refractivity contribution < 1.29 is 4.74 Å². The van der Waals surface area contributed by atoms with Crippen molar-refractivity contribution in [2.75, 3.05) is 26.3 Å². The third-order valence-electron chi connectivity index (χ3n) is 3.13. The zero-order valence-corrected chi connectivity index (χ0v) is 9.57. The lowest BCUT2D eigenvalue weighted by Crippen LogP contribution is -2.37. The van der Waals surface area contributed by atoms with Crippen molar-refractivity contribution in [3.63, 3.8) is 0 Å². The molecule has 0 aromatic rings. The van der Waals surface area contributed by atoms with Crippen molar-refractivity contribution in [2.45, 2.75) is 33.1 Å². The van der Waals surface area contributed by atoms with Gasteiger partial charge in [0, 0.05) is 26.3 Å². The summed E-state index contributed by atoms with van der Waals surface area (Å²) in [6.45, 7) is 12.4. The third-order valence-corrected chi connectivity index (χ3v) is 3.13. The fourth-order valence-corrected chi connectivity index (χ4v) is 1.71. The van der Waals surface area contributed by atoms with Gasteiger partial charge in [-0.2, -0.15) is 0 Å². The molecule has 0 aromatic carbocycles. The van der Waals surface area contributed by atoms with Crippen LogP contribution in [-0.2, 0) is 4.74 Å². The van der Waals surface area contributed by atoms with Crippen LogP contribution in [0.1, 0.15) is 33.1 Å². The van der Waals surface area contributed by atoms with Gasteiger partial charge >= 0.3 is 0 Å². The number of nitrogens with one attached hydrogen (secondary N) is 1. The number of ether oxygens (including phenoxy) is 1. The number of hydrogen-bond acceptors (Lipinski definition) is 2. The fourth-order valence-electron chi connectivity index (χ4n) is 1.71. The molecule has 1 aliphatic rings. The van der Waals surface area contributed by atoms with Crippen LogP contribution < -0.4 is 5.32 Å². The van der Waals surface area contributed by atoms with Crippen LogP contribution in [0.4, 0.5) is 0 Å². The van der Waals surface area contributed by atoms with Crippen molar-refractivity contribution in [1.82, 2.24) is 5.32 Å². The predicted molar refractivity (Wildman–Crippen MR) is 60.5 cm³/mol. The summed E-state index contributed by atoms with van der Waals surface area (Å²) in [5, 5.41) is 3.49. The highest BCUT2D eigenvalue weighted by atomic mass is 16.5. The molecule has 14 heavy (non-hydrogen) atoms. The minimum absolute atomic E-state index is 0.437. The highest BCUT2D eigenvalue weighted by Gasteiger charge is 2.26. The Labute approximate surface area is 87.7 Å². The normalized spacial score (nSPS) is 20.7. The topological polar surface area (TPSA) is 21.3 Å². The van der Waals surface area contributed by atoms with Gasteiger partial charge in [-0.05, 0) is 24.7 Å². The molecule has 0 aliphatic carbocycles. The van der Waals surface area contributed by atoms with Crippen molar-refractivity contribution in [2.24, 2.45) is 5.41 Å². The van der Waals surface area contributed by atoms with Gasteiger partial charge in [-0.15, -0.1) is 0 Å². The summed E-state index contributed by atoms with van der Waals surface area (Å²) < 4.78 is 5.37. The van der Waals surface area contributed by atoms with Crippen LogP contribution >= 0.6 is 0 Å². The van der Waals surface area contributed by atoms with E-state index in [2.05, 4.69) is 25.7 Å². The van der Waals surface area contributed by atoms with Gasteiger partial charge < -0.3 is 10.1 Å². The molecular formula is C12H23NO. The van der Waals surface area contributed by atoms with E-state index in [0.29, 0.717) is 5.41 Å². The van der Waals surface area contributed by atoms with Crippen LogP contribution in [0.3, 0.4) is 0 Å². The molecule has 1 saturated heterocycles. The van der Waals surface area contributed by atoms with Crippen molar-refractivity contribution in [1.29, 1.82) is 0 Å². The zero-order chi connectivity index (χ0) is 10.4.